The number of hydrogen-bond acceptors (Lipinski definition) is 6. The van der Waals surface area contributed by atoms with Gasteiger partial charge < -0.3 is 28.6 Å². The molecule has 0 aliphatic carbocycles. The molecule has 3 aromatic carbocycles. The third kappa shape index (κ3) is 4.46. The zero-order valence-electron chi connectivity index (χ0n) is 20.4. The van der Waals surface area contributed by atoms with E-state index in [9.17, 15) is 4.79 Å². The van der Waals surface area contributed by atoms with Gasteiger partial charge in [0, 0.05) is 12.1 Å². The number of aryl methyl sites for hydroxylation is 2. The molecule has 0 fully saturated rings. The van der Waals surface area contributed by atoms with Crippen molar-refractivity contribution in [2.45, 2.75) is 26.3 Å². The fourth-order valence-electron chi connectivity index (χ4n) is 4.84. The molecule has 2 aliphatic rings. The van der Waals surface area contributed by atoms with Crippen LogP contribution in [0.2, 0.25) is 0 Å². The Morgan fingerprint density at radius 1 is 0.943 bits per heavy atom. The Morgan fingerprint density at radius 3 is 2.40 bits per heavy atom. The molecule has 0 aromatic heterocycles. The lowest BCUT2D eigenvalue weighted by atomic mass is 9.91. The van der Waals surface area contributed by atoms with Gasteiger partial charge in [0.2, 0.25) is 6.79 Å². The van der Waals surface area contributed by atoms with Gasteiger partial charge in [0.1, 0.15) is 12.4 Å². The first-order valence-electron chi connectivity index (χ1n) is 11.6. The van der Waals surface area contributed by atoms with E-state index in [1.165, 1.54) is 0 Å². The number of benzene rings is 3. The average molecular weight is 476 g/mol. The van der Waals surface area contributed by atoms with Gasteiger partial charge in [-0.2, -0.15) is 0 Å². The fraction of sp³-hybridized carbons (Fsp3) is 0.321. The Labute approximate surface area is 205 Å². The maximum Gasteiger partial charge on any atom is 0.254 e. The van der Waals surface area contributed by atoms with E-state index in [0.717, 1.165) is 28.0 Å². The van der Waals surface area contributed by atoms with E-state index in [1.807, 2.05) is 43.0 Å². The maximum atomic E-state index is 13.7. The first-order valence-corrected chi connectivity index (χ1v) is 11.6. The van der Waals surface area contributed by atoms with Gasteiger partial charge in [0.25, 0.3) is 5.91 Å². The molecule has 0 saturated carbocycles. The quantitative estimate of drug-likeness (QED) is 0.507. The van der Waals surface area contributed by atoms with E-state index >= 15 is 0 Å². The third-order valence-electron chi connectivity index (χ3n) is 6.49. The predicted octanol–water partition coefficient (Wildman–Crippen LogP) is 4.87. The third-order valence-corrected chi connectivity index (χ3v) is 6.49. The second-order valence-corrected chi connectivity index (χ2v) is 8.87. The van der Waals surface area contributed by atoms with Gasteiger partial charge in [-0.3, -0.25) is 4.79 Å². The molecule has 7 nitrogen and oxygen atoms in total. The highest BCUT2D eigenvalue weighted by atomic mass is 16.7. The molecule has 0 saturated heterocycles. The second-order valence-electron chi connectivity index (χ2n) is 8.87. The summed E-state index contributed by atoms with van der Waals surface area (Å²) in [5.41, 5.74) is 4.92. The number of fused-ring (bicyclic) bond motifs is 2. The Kier molecular flexibility index (Phi) is 6.16. The van der Waals surface area contributed by atoms with Gasteiger partial charge in [-0.25, -0.2) is 0 Å². The van der Waals surface area contributed by atoms with Crippen molar-refractivity contribution in [2.24, 2.45) is 0 Å². The van der Waals surface area contributed by atoms with Gasteiger partial charge in [-0.1, -0.05) is 6.07 Å². The van der Waals surface area contributed by atoms with E-state index in [1.54, 1.807) is 32.4 Å². The highest BCUT2D eigenvalue weighted by molar-refractivity contribution is 5.95. The SMILES string of the molecule is COc1cc2c(cc1OC)[C@@H](COc1cc(C)cc(C)c1)N(C(=O)c1ccc3c(c1)OCO3)CC2. The standard InChI is InChI=1S/C28H29NO6/c1-17-9-18(2)11-21(10-17)33-15-23-22-14-26(32-4)25(31-3)12-19(22)7-8-29(23)28(30)20-5-6-24-27(13-20)35-16-34-24/h5-6,9-14,23H,7-8,15-16H2,1-4H3/t23-/m1/s1. The van der Waals surface area contributed by atoms with Crippen molar-refractivity contribution in [1.29, 1.82) is 0 Å². The summed E-state index contributed by atoms with van der Waals surface area (Å²) in [5.74, 6) is 3.24. The molecule has 7 heteroatoms. The van der Waals surface area contributed by atoms with Crippen LogP contribution in [-0.2, 0) is 6.42 Å². The van der Waals surface area contributed by atoms with Crippen LogP contribution in [-0.4, -0.2) is 45.0 Å². The molecule has 0 bridgehead atoms. The van der Waals surface area contributed by atoms with Crippen LogP contribution in [0.4, 0.5) is 0 Å². The highest BCUT2D eigenvalue weighted by Gasteiger charge is 2.34. The van der Waals surface area contributed by atoms with Crippen LogP contribution >= 0.6 is 0 Å². The molecule has 0 N–H and O–H groups in total. The van der Waals surface area contributed by atoms with E-state index in [4.69, 9.17) is 23.7 Å². The number of carbonyl (C=O) groups is 1. The van der Waals surface area contributed by atoms with Crippen LogP contribution in [0, 0.1) is 13.8 Å². The number of rotatable bonds is 6. The van der Waals surface area contributed by atoms with Gasteiger partial charge in [0.05, 0.1) is 20.3 Å². The summed E-state index contributed by atoms with van der Waals surface area (Å²) in [7, 11) is 3.24. The van der Waals surface area contributed by atoms with E-state index in [0.29, 0.717) is 48.1 Å². The first kappa shape index (κ1) is 22.9. The fourth-order valence-corrected chi connectivity index (χ4v) is 4.84. The molecule has 182 valence electrons. The predicted molar refractivity (Wildman–Crippen MR) is 131 cm³/mol. The van der Waals surface area contributed by atoms with Crippen molar-refractivity contribution in [3.05, 3.63) is 76.3 Å². The lowest BCUT2D eigenvalue weighted by Crippen LogP contribution is -2.42. The molecular formula is C28H29NO6. The molecule has 2 heterocycles. The Hall–Kier alpha value is -3.87. The molecule has 0 radical (unpaired) electrons. The average Bonchev–Trinajstić information content (AvgIpc) is 3.33. The van der Waals surface area contributed by atoms with Gasteiger partial charge in [0.15, 0.2) is 23.0 Å². The van der Waals surface area contributed by atoms with Gasteiger partial charge in [-0.15, -0.1) is 0 Å². The number of hydrogen-bond donors (Lipinski definition) is 0. The van der Waals surface area contributed by atoms with E-state index in [-0.39, 0.29) is 18.7 Å². The summed E-state index contributed by atoms with van der Waals surface area (Å²) in [6.07, 6.45) is 0.700. The zero-order valence-corrected chi connectivity index (χ0v) is 20.4. The lowest BCUT2D eigenvalue weighted by Gasteiger charge is -2.37. The summed E-state index contributed by atoms with van der Waals surface area (Å²) in [6, 6.07) is 15.1. The minimum absolute atomic E-state index is 0.0854. The maximum absolute atomic E-state index is 13.7. The lowest BCUT2D eigenvalue weighted by molar-refractivity contribution is 0.0589. The van der Waals surface area contributed by atoms with Crippen LogP contribution in [0.15, 0.2) is 48.5 Å². The molecule has 0 spiro atoms. The molecular weight excluding hydrogens is 446 g/mol. The summed E-state index contributed by atoms with van der Waals surface area (Å²) >= 11 is 0. The molecule has 5 rings (SSSR count). The minimum Gasteiger partial charge on any atom is -0.493 e. The monoisotopic (exact) mass is 475 g/mol. The first-order chi connectivity index (χ1) is 17.0. The van der Waals surface area contributed by atoms with Crippen molar-refractivity contribution in [3.8, 4) is 28.7 Å². The highest BCUT2D eigenvalue weighted by Crippen LogP contribution is 2.40. The van der Waals surface area contributed by atoms with Crippen molar-refractivity contribution >= 4 is 5.91 Å². The van der Waals surface area contributed by atoms with Gasteiger partial charge in [-0.05, 0) is 85.0 Å². The minimum atomic E-state index is -0.308. The zero-order chi connectivity index (χ0) is 24.5. The van der Waals surface area contributed by atoms with Crippen molar-refractivity contribution in [3.63, 3.8) is 0 Å². The summed E-state index contributed by atoms with van der Waals surface area (Å²) in [6.45, 7) is 5.11. The van der Waals surface area contributed by atoms with E-state index in [2.05, 4.69) is 6.07 Å². The molecule has 1 atom stereocenters. The number of nitrogens with zero attached hydrogens (tertiary/aromatic N) is 1. The molecule has 0 unspecified atom stereocenters. The number of amides is 1. The summed E-state index contributed by atoms with van der Waals surface area (Å²) in [4.78, 5) is 15.6. The number of ether oxygens (including phenoxy) is 5. The summed E-state index contributed by atoms with van der Waals surface area (Å²) < 4.78 is 28.3. The van der Waals surface area contributed by atoms with Crippen molar-refractivity contribution in [1.82, 2.24) is 4.90 Å². The number of methoxy groups -OCH3 is 2. The second kappa shape index (κ2) is 9.41. The van der Waals surface area contributed by atoms with Gasteiger partial charge >= 0.3 is 0 Å². The van der Waals surface area contributed by atoms with Crippen molar-refractivity contribution in [2.75, 3.05) is 34.2 Å². The van der Waals surface area contributed by atoms with Crippen LogP contribution in [0.3, 0.4) is 0 Å². The smallest absolute Gasteiger partial charge is 0.254 e. The molecule has 3 aromatic rings. The van der Waals surface area contributed by atoms with Crippen LogP contribution < -0.4 is 23.7 Å². The Morgan fingerprint density at radius 2 is 1.66 bits per heavy atom. The van der Waals surface area contributed by atoms with Crippen LogP contribution in [0.1, 0.15) is 38.7 Å². The number of carbonyl (C=O) groups excluding carboxylic acids is 1. The van der Waals surface area contributed by atoms with Crippen LogP contribution in [0.25, 0.3) is 0 Å². The van der Waals surface area contributed by atoms with Crippen molar-refractivity contribution < 1.29 is 28.5 Å². The molecule has 1 amide bonds. The van der Waals surface area contributed by atoms with E-state index < -0.39 is 0 Å². The topological polar surface area (TPSA) is 66.5 Å². The Balaban J connectivity index is 1.50. The normalized spacial score (nSPS) is 16.0. The summed E-state index contributed by atoms with van der Waals surface area (Å²) in [5, 5.41) is 0. The Bertz CT molecular complexity index is 1250. The largest absolute Gasteiger partial charge is 0.493 e. The van der Waals surface area contributed by atoms with Crippen LogP contribution in [0.5, 0.6) is 28.7 Å². The molecule has 35 heavy (non-hydrogen) atoms. The molecule has 2 aliphatic heterocycles.